The first-order valence-corrected chi connectivity index (χ1v) is 9.95. The first kappa shape index (κ1) is 17.2. The summed E-state index contributed by atoms with van der Waals surface area (Å²) in [4.78, 5) is 16.8. The quantitative estimate of drug-likeness (QED) is 0.699. The van der Waals surface area contributed by atoms with Gasteiger partial charge in [0.2, 0.25) is 5.91 Å². The molecule has 1 aromatic carbocycles. The summed E-state index contributed by atoms with van der Waals surface area (Å²) in [7, 11) is 0. The fourth-order valence-corrected chi connectivity index (χ4v) is 4.29. The van der Waals surface area contributed by atoms with Crippen LogP contribution in [0.2, 0.25) is 0 Å². The maximum absolute atomic E-state index is 12.2. The molecule has 0 saturated carbocycles. The van der Waals surface area contributed by atoms with Gasteiger partial charge in [0.05, 0.1) is 20.9 Å². The Balaban J connectivity index is 1.25. The summed E-state index contributed by atoms with van der Waals surface area (Å²) >= 11 is 1.69. The SMILES string of the molecule is O=C(Cn1ccc([C@@H]2CCCNC2)n1)NCCc1nc2ccccc2s1. The molecule has 0 bridgehead atoms. The van der Waals surface area contributed by atoms with E-state index in [1.54, 1.807) is 16.0 Å². The molecule has 136 valence electrons. The van der Waals surface area contributed by atoms with Crippen molar-refractivity contribution in [3.8, 4) is 0 Å². The van der Waals surface area contributed by atoms with Crippen molar-refractivity contribution in [2.24, 2.45) is 0 Å². The number of nitrogens with one attached hydrogen (secondary N) is 2. The zero-order chi connectivity index (χ0) is 17.8. The molecule has 0 unspecified atom stereocenters. The Morgan fingerprint density at radius 3 is 3.12 bits per heavy atom. The van der Waals surface area contributed by atoms with Gasteiger partial charge in [-0.05, 0) is 37.6 Å². The van der Waals surface area contributed by atoms with Gasteiger partial charge in [0.1, 0.15) is 6.54 Å². The Kier molecular flexibility index (Phi) is 5.26. The van der Waals surface area contributed by atoms with Crippen LogP contribution in [0.1, 0.15) is 29.5 Å². The molecule has 26 heavy (non-hydrogen) atoms. The Bertz CT molecular complexity index is 848. The number of aromatic nitrogens is 3. The number of thiazole rings is 1. The molecule has 2 N–H and O–H groups in total. The van der Waals surface area contributed by atoms with Crippen molar-refractivity contribution in [3.63, 3.8) is 0 Å². The highest BCUT2D eigenvalue weighted by atomic mass is 32.1. The van der Waals surface area contributed by atoms with Gasteiger partial charge in [-0.2, -0.15) is 5.10 Å². The highest BCUT2D eigenvalue weighted by Gasteiger charge is 2.17. The minimum absolute atomic E-state index is 0.0115. The largest absolute Gasteiger partial charge is 0.354 e. The van der Waals surface area contributed by atoms with Crippen LogP contribution in [0.5, 0.6) is 0 Å². The van der Waals surface area contributed by atoms with Gasteiger partial charge in [-0.25, -0.2) is 4.98 Å². The first-order valence-electron chi connectivity index (χ1n) is 9.13. The molecular formula is C19H23N5OS. The number of benzene rings is 1. The second-order valence-electron chi connectivity index (χ2n) is 6.66. The minimum Gasteiger partial charge on any atom is -0.354 e. The van der Waals surface area contributed by atoms with Crippen LogP contribution in [0.25, 0.3) is 10.2 Å². The van der Waals surface area contributed by atoms with Crippen molar-refractivity contribution in [2.75, 3.05) is 19.6 Å². The van der Waals surface area contributed by atoms with Gasteiger partial charge in [-0.15, -0.1) is 11.3 Å². The summed E-state index contributed by atoms with van der Waals surface area (Å²) in [6.45, 7) is 2.93. The topological polar surface area (TPSA) is 71.8 Å². The molecular weight excluding hydrogens is 346 g/mol. The number of piperidine rings is 1. The van der Waals surface area contributed by atoms with Crippen molar-refractivity contribution in [1.29, 1.82) is 0 Å². The van der Waals surface area contributed by atoms with Crippen LogP contribution in [0.15, 0.2) is 36.5 Å². The zero-order valence-corrected chi connectivity index (χ0v) is 15.5. The van der Waals surface area contributed by atoms with E-state index in [1.165, 1.54) is 17.5 Å². The lowest BCUT2D eigenvalue weighted by atomic mass is 9.97. The predicted octanol–water partition coefficient (Wildman–Crippen LogP) is 2.32. The number of fused-ring (bicyclic) bond motifs is 1. The van der Waals surface area contributed by atoms with Gasteiger partial charge in [-0.1, -0.05) is 12.1 Å². The number of para-hydroxylation sites is 1. The van der Waals surface area contributed by atoms with E-state index >= 15 is 0 Å². The van der Waals surface area contributed by atoms with Crippen molar-refractivity contribution in [3.05, 3.63) is 47.2 Å². The molecule has 1 aliphatic heterocycles. The lowest BCUT2D eigenvalue weighted by molar-refractivity contribution is -0.121. The maximum atomic E-state index is 12.2. The summed E-state index contributed by atoms with van der Waals surface area (Å²) < 4.78 is 2.92. The standard InChI is InChI=1S/C19H23N5OS/c25-18(13-24-11-8-15(23-24)14-4-3-9-20-12-14)21-10-7-19-22-16-5-1-2-6-17(16)26-19/h1-2,5-6,8,11,14,20H,3-4,7,9-10,12-13H2,(H,21,25)/t14-/m1/s1. The van der Waals surface area contributed by atoms with Crippen LogP contribution in [0.3, 0.4) is 0 Å². The Morgan fingerprint density at radius 1 is 1.35 bits per heavy atom. The monoisotopic (exact) mass is 369 g/mol. The predicted molar refractivity (Wildman–Crippen MR) is 103 cm³/mol. The van der Waals surface area contributed by atoms with E-state index < -0.39 is 0 Å². The molecule has 2 aromatic heterocycles. The van der Waals surface area contributed by atoms with Crippen LogP contribution in [0.4, 0.5) is 0 Å². The van der Waals surface area contributed by atoms with Crippen LogP contribution < -0.4 is 10.6 Å². The number of carbonyl (C=O) groups excluding carboxylic acids is 1. The van der Waals surface area contributed by atoms with Crippen molar-refractivity contribution >= 4 is 27.5 Å². The van der Waals surface area contributed by atoms with E-state index in [4.69, 9.17) is 0 Å². The van der Waals surface area contributed by atoms with Crippen LogP contribution in [-0.2, 0) is 17.8 Å². The van der Waals surface area contributed by atoms with Gasteiger partial charge in [-0.3, -0.25) is 9.48 Å². The lowest BCUT2D eigenvalue weighted by Crippen LogP contribution is -2.30. The Hall–Kier alpha value is -2.25. The molecule has 1 atom stereocenters. The number of hydrogen-bond acceptors (Lipinski definition) is 5. The second kappa shape index (κ2) is 7.97. The normalized spacial score (nSPS) is 17.5. The second-order valence-corrected chi connectivity index (χ2v) is 7.77. The van der Waals surface area contributed by atoms with E-state index in [1.807, 2.05) is 30.5 Å². The van der Waals surface area contributed by atoms with E-state index in [2.05, 4.69) is 26.8 Å². The molecule has 0 aliphatic carbocycles. The Labute approximate surface area is 156 Å². The van der Waals surface area contributed by atoms with Gasteiger partial charge >= 0.3 is 0 Å². The van der Waals surface area contributed by atoms with Crippen LogP contribution >= 0.6 is 11.3 Å². The third kappa shape index (κ3) is 4.11. The molecule has 0 spiro atoms. The Morgan fingerprint density at radius 2 is 2.27 bits per heavy atom. The van der Waals surface area contributed by atoms with Crippen LogP contribution in [0, 0.1) is 0 Å². The summed E-state index contributed by atoms with van der Waals surface area (Å²) in [5, 5.41) is 12.0. The average molecular weight is 369 g/mol. The van der Waals surface area contributed by atoms with Gasteiger partial charge in [0, 0.05) is 31.6 Å². The smallest absolute Gasteiger partial charge is 0.241 e. The van der Waals surface area contributed by atoms with Gasteiger partial charge < -0.3 is 10.6 Å². The number of amides is 1. The molecule has 1 fully saturated rings. The third-order valence-corrected chi connectivity index (χ3v) is 5.78. The molecule has 3 aromatic rings. The molecule has 1 amide bonds. The van der Waals surface area contributed by atoms with Crippen molar-refractivity contribution in [2.45, 2.75) is 31.7 Å². The van der Waals surface area contributed by atoms with Crippen LogP contribution in [-0.4, -0.2) is 40.3 Å². The van der Waals surface area contributed by atoms with Gasteiger partial charge in [0.25, 0.3) is 0 Å². The number of nitrogens with zero attached hydrogens (tertiary/aromatic N) is 3. The maximum Gasteiger partial charge on any atom is 0.241 e. The van der Waals surface area contributed by atoms with E-state index in [0.29, 0.717) is 12.5 Å². The number of rotatable bonds is 6. The van der Waals surface area contributed by atoms with Crippen molar-refractivity contribution in [1.82, 2.24) is 25.4 Å². The minimum atomic E-state index is -0.0115. The average Bonchev–Trinajstić information content (AvgIpc) is 3.29. The highest BCUT2D eigenvalue weighted by molar-refractivity contribution is 7.18. The zero-order valence-electron chi connectivity index (χ0n) is 14.6. The number of carbonyl (C=O) groups is 1. The molecule has 3 heterocycles. The van der Waals surface area contributed by atoms with E-state index in [0.717, 1.165) is 35.7 Å². The van der Waals surface area contributed by atoms with E-state index in [-0.39, 0.29) is 12.5 Å². The highest BCUT2D eigenvalue weighted by Crippen LogP contribution is 2.22. The van der Waals surface area contributed by atoms with Gasteiger partial charge in [0.15, 0.2) is 0 Å². The molecule has 4 rings (SSSR count). The fourth-order valence-electron chi connectivity index (χ4n) is 3.33. The summed E-state index contributed by atoms with van der Waals surface area (Å²) in [6, 6.07) is 10.1. The summed E-state index contributed by atoms with van der Waals surface area (Å²) in [5.74, 6) is 0.453. The van der Waals surface area contributed by atoms with Crippen molar-refractivity contribution < 1.29 is 4.79 Å². The molecule has 1 aliphatic rings. The summed E-state index contributed by atoms with van der Waals surface area (Å²) in [5.41, 5.74) is 2.11. The third-order valence-electron chi connectivity index (χ3n) is 4.68. The first-order chi connectivity index (χ1) is 12.8. The summed E-state index contributed by atoms with van der Waals surface area (Å²) in [6.07, 6.45) is 5.00. The molecule has 0 radical (unpaired) electrons. The molecule has 6 nitrogen and oxygen atoms in total. The molecule has 7 heteroatoms. The molecule has 1 saturated heterocycles. The number of hydrogen-bond donors (Lipinski definition) is 2. The fraction of sp³-hybridized carbons (Fsp3) is 0.421. The lowest BCUT2D eigenvalue weighted by Gasteiger charge is -2.20. The van der Waals surface area contributed by atoms with E-state index in [9.17, 15) is 4.79 Å².